The molecule has 31 heavy (non-hydrogen) atoms. The van der Waals surface area contributed by atoms with Crippen molar-refractivity contribution < 1.29 is 4.57 Å². The number of rotatable bonds is 19. The molecule has 0 spiro atoms. The second-order valence-corrected chi connectivity index (χ2v) is 9.42. The van der Waals surface area contributed by atoms with E-state index in [-0.39, 0.29) is 0 Å². The van der Waals surface area contributed by atoms with Crippen molar-refractivity contribution in [2.45, 2.75) is 130 Å². The number of hydrogen-bond acceptors (Lipinski definition) is 0. The quantitative estimate of drug-likeness (QED) is 0.158. The molecule has 0 aliphatic heterocycles. The lowest BCUT2D eigenvalue weighted by atomic mass is 10.0. The van der Waals surface area contributed by atoms with Crippen molar-refractivity contribution in [3.05, 3.63) is 54.1 Å². The fraction of sp³-hybridized carbons (Fsp3) is 0.690. The zero-order chi connectivity index (χ0) is 22.0. The van der Waals surface area contributed by atoms with Gasteiger partial charge in [0.25, 0.3) is 5.82 Å². The van der Waals surface area contributed by atoms with E-state index in [1.54, 1.807) is 0 Å². The predicted molar refractivity (Wildman–Crippen MR) is 134 cm³/mol. The number of aryl methyl sites for hydroxylation is 3. The van der Waals surface area contributed by atoms with Gasteiger partial charge in [0.1, 0.15) is 12.4 Å². The fourth-order valence-electron chi connectivity index (χ4n) is 4.59. The highest BCUT2D eigenvalue weighted by atomic mass is 15.1. The van der Waals surface area contributed by atoms with E-state index in [2.05, 4.69) is 65.7 Å². The van der Waals surface area contributed by atoms with Crippen LogP contribution >= 0.6 is 0 Å². The average molecular weight is 426 g/mol. The third kappa shape index (κ3) is 11.6. The van der Waals surface area contributed by atoms with Crippen LogP contribution in [0.5, 0.6) is 0 Å². The number of imidazole rings is 1. The van der Waals surface area contributed by atoms with E-state index in [0.29, 0.717) is 0 Å². The Kier molecular flexibility index (Phi) is 14.1. The molecule has 2 aromatic rings. The summed E-state index contributed by atoms with van der Waals surface area (Å²) in [6, 6.07) is 10.8. The zero-order valence-corrected chi connectivity index (χ0v) is 20.7. The van der Waals surface area contributed by atoms with Crippen LogP contribution in [0.3, 0.4) is 0 Å². The van der Waals surface area contributed by atoms with Crippen molar-refractivity contribution in [3.8, 4) is 0 Å². The highest BCUT2D eigenvalue weighted by Gasteiger charge is 2.11. The minimum atomic E-state index is 1.12. The van der Waals surface area contributed by atoms with E-state index in [4.69, 9.17) is 0 Å². The fourth-order valence-corrected chi connectivity index (χ4v) is 4.59. The smallest absolute Gasteiger partial charge is 0.234 e. The average Bonchev–Trinajstić information content (AvgIpc) is 3.14. The van der Waals surface area contributed by atoms with Crippen LogP contribution in [-0.2, 0) is 19.5 Å². The van der Waals surface area contributed by atoms with E-state index in [0.717, 1.165) is 13.0 Å². The highest BCUT2D eigenvalue weighted by molar-refractivity contribution is 5.14. The topological polar surface area (TPSA) is 8.81 Å². The highest BCUT2D eigenvalue weighted by Crippen LogP contribution is 2.13. The lowest BCUT2D eigenvalue weighted by Gasteiger charge is -2.04. The van der Waals surface area contributed by atoms with Gasteiger partial charge in [0, 0.05) is 6.92 Å². The van der Waals surface area contributed by atoms with Crippen LogP contribution in [0.4, 0.5) is 0 Å². The molecule has 0 N–H and O–H groups in total. The summed E-state index contributed by atoms with van der Waals surface area (Å²) >= 11 is 0. The summed E-state index contributed by atoms with van der Waals surface area (Å²) in [6.07, 6.45) is 26.9. The van der Waals surface area contributed by atoms with Crippen LogP contribution in [0.25, 0.3) is 0 Å². The molecule has 0 radical (unpaired) electrons. The van der Waals surface area contributed by atoms with Crippen molar-refractivity contribution >= 4 is 0 Å². The third-order valence-electron chi connectivity index (χ3n) is 6.72. The first-order valence-corrected chi connectivity index (χ1v) is 13.4. The summed E-state index contributed by atoms with van der Waals surface area (Å²) in [5.41, 5.74) is 1.45. The summed E-state index contributed by atoms with van der Waals surface area (Å²) in [6.45, 7) is 6.86. The van der Waals surface area contributed by atoms with Crippen LogP contribution < -0.4 is 4.57 Å². The molecule has 0 bridgehead atoms. The van der Waals surface area contributed by atoms with Crippen molar-refractivity contribution in [1.29, 1.82) is 0 Å². The van der Waals surface area contributed by atoms with E-state index < -0.39 is 0 Å². The molecular formula is C29H49N2+. The molecule has 0 unspecified atom stereocenters. The Morgan fingerprint density at radius 3 is 1.81 bits per heavy atom. The van der Waals surface area contributed by atoms with Gasteiger partial charge in [-0.05, 0) is 31.2 Å². The first kappa shape index (κ1) is 25.7. The molecule has 1 aromatic carbocycles. The molecule has 1 aromatic heterocycles. The molecule has 0 aliphatic rings. The molecule has 1 heterocycles. The molecule has 0 aliphatic carbocycles. The SMILES string of the molecule is CCCCCCCCCCCCCCCCn1cc[n+](CCCc2ccccc2)c1C. The Bertz CT molecular complexity index is 659. The summed E-state index contributed by atoms with van der Waals surface area (Å²) in [4.78, 5) is 0. The lowest BCUT2D eigenvalue weighted by molar-refractivity contribution is -0.702. The van der Waals surface area contributed by atoms with Gasteiger partial charge >= 0.3 is 0 Å². The number of aromatic nitrogens is 2. The Hall–Kier alpha value is -1.57. The molecule has 0 amide bonds. The summed E-state index contributed by atoms with van der Waals surface area (Å²) in [5.74, 6) is 1.41. The maximum Gasteiger partial charge on any atom is 0.253 e. The minimum absolute atomic E-state index is 1.12. The Labute approximate surface area is 193 Å². The second kappa shape index (κ2) is 17.0. The molecule has 2 nitrogen and oxygen atoms in total. The number of hydrogen-bond donors (Lipinski definition) is 0. The molecule has 0 saturated carbocycles. The predicted octanol–water partition coefficient (Wildman–Crippen LogP) is 8.20. The van der Waals surface area contributed by atoms with E-state index >= 15 is 0 Å². The van der Waals surface area contributed by atoms with Gasteiger partial charge in [0.2, 0.25) is 0 Å². The molecule has 174 valence electrons. The van der Waals surface area contributed by atoms with Crippen LogP contribution in [0, 0.1) is 6.92 Å². The van der Waals surface area contributed by atoms with Crippen molar-refractivity contribution in [1.82, 2.24) is 4.57 Å². The normalized spacial score (nSPS) is 11.3. The van der Waals surface area contributed by atoms with E-state index in [9.17, 15) is 0 Å². The number of nitrogens with zero attached hydrogens (tertiary/aromatic N) is 2. The molecule has 2 heteroatoms. The monoisotopic (exact) mass is 425 g/mol. The Morgan fingerprint density at radius 1 is 0.677 bits per heavy atom. The van der Waals surface area contributed by atoms with Gasteiger partial charge in [-0.3, -0.25) is 0 Å². The largest absolute Gasteiger partial charge is 0.253 e. The second-order valence-electron chi connectivity index (χ2n) is 9.42. The first-order chi connectivity index (χ1) is 15.3. The van der Waals surface area contributed by atoms with Gasteiger partial charge in [-0.1, -0.05) is 114 Å². The van der Waals surface area contributed by atoms with Crippen LogP contribution in [0.2, 0.25) is 0 Å². The van der Waals surface area contributed by atoms with Crippen LogP contribution in [0.1, 0.15) is 115 Å². The molecule has 2 rings (SSSR count). The van der Waals surface area contributed by atoms with Crippen molar-refractivity contribution in [2.24, 2.45) is 0 Å². The zero-order valence-electron chi connectivity index (χ0n) is 20.7. The third-order valence-corrected chi connectivity index (χ3v) is 6.72. The number of benzene rings is 1. The minimum Gasteiger partial charge on any atom is -0.234 e. The molecule has 0 fully saturated rings. The maximum atomic E-state index is 2.45. The molecule has 0 saturated heterocycles. The van der Waals surface area contributed by atoms with Gasteiger partial charge < -0.3 is 0 Å². The standard InChI is InChI=1S/C29H49N2/c1-3-4-5-6-7-8-9-10-11-12-13-14-15-19-24-30-26-27-31(28(30)2)25-20-23-29-21-17-16-18-22-29/h16-18,21-22,26-27H,3-15,19-20,23-25H2,1-2H3/q+1. The van der Waals surface area contributed by atoms with Crippen molar-refractivity contribution in [3.63, 3.8) is 0 Å². The lowest BCUT2D eigenvalue weighted by Crippen LogP contribution is -2.35. The van der Waals surface area contributed by atoms with Crippen LogP contribution in [-0.4, -0.2) is 4.57 Å². The van der Waals surface area contributed by atoms with Gasteiger partial charge in [-0.15, -0.1) is 0 Å². The summed E-state index contributed by atoms with van der Waals surface area (Å²) < 4.78 is 4.87. The molecular weight excluding hydrogens is 376 g/mol. The summed E-state index contributed by atoms with van der Waals surface area (Å²) in [5, 5.41) is 0. The Balaban J connectivity index is 1.43. The molecule has 0 atom stereocenters. The van der Waals surface area contributed by atoms with Gasteiger partial charge in [0.15, 0.2) is 0 Å². The number of unbranched alkanes of at least 4 members (excludes halogenated alkanes) is 13. The van der Waals surface area contributed by atoms with Crippen LogP contribution in [0.15, 0.2) is 42.7 Å². The van der Waals surface area contributed by atoms with Gasteiger partial charge in [-0.25, -0.2) is 9.13 Å². The van der Waals surface area contributed by atoms with E-state index in [1.165, 1.54) is 114 Å². The maximum absolute atomic E-state index is 2.45. The van der Waals surface area contributed by atoms with Gasteiger partial charge in [-0.2, -0.15) is 0 Å². The van der Waals surface area contributed by atoms with E-state index in [1.807, 2.05) is 0 Å². The Morgan fingerprint density at radius 2 is 1.23 bits per heavy atom. The first-order valence-electron chi connectivity index (χ1n) is 13.4. The van der Waals surface area contributed by atoms with Gasteiger partial charge in [0.05, 0.1) is 13.1 Å². The van der Waals surface area contributed by atoms with Crippen molar-refractivity contribution in [2.75, 3.05) is 0 Å². The summed E-state index contributed by atoms with van der Waals surface area (Å²) in [7, 11) is 0.